The zero-order valence-electron chi connectivity index (χ0n) is 18.2. The van der Waals surface area contributed by atoms with Gasteiger partial charge < -0.3 is 27.2 Å². The third-order valence-corrected chi connectivity index (χ3v) is 8.37. The van der Waals surface area contributed by atoms with E-state index in [-0.39, 0.29) is 44.7 Å². The van der Waals surface area contributed by atoms with Crippen LogP contribution in [0.3, 0.4) is 0 Å². The van der Waals surface area contributed by atoms with Crippen LogP contribution >= 0.6 is 23.4 Å². The topological polar surface area (TPSA) is 157 Å². The van der Waals surface area contributed by atoms with Gasteiger partial charge >= 0.3 is 5.97 Å². The van der Waals surface area contributed by atoms with Crippen molar-refractivity contribution in [3.8, 4) is 0 Å². The molecule has 11 heteroatoms. The number of benzene rings is 1. The molecule has 3 aromatic rings. The van der Waals surface area contributed by atoms with E-state index < -0.39 is 5.97 Å². The number of nitrogens with two attached hydrogens (primary N) is 3. The number of aromatic nitrogens is 3. The van der Waals surface area contributed by atoms with Crippen molar-refractivity contribution in [1.29, 1.82) is 0 Å². The van der Waals surface area contributed by atoms with E-state index in [1.165, 1.54) is 17.3 Å². The number of fused-ring (bicyclic) bond motifs is 1. The van der Waals surface area contributed by atoms with Gasteiger partial charge in [0.15, 0.2) is 17.3 Å². The van der Waals surface area contributed by atoms with Crippen LogP contribution in [0, 0.1) is 5.41 Å². The monoisotopic (exact) mass is 497 g/mol. The quantitative estimate of drug-likeness (QED) is 0.421. The molecule has 0 bridgehead atoms. The van der Waals surface area contributed by atoms with Crippen LogP contribution in [-0.4, -0.2) is 39.1 Å². The maximum absolute atomic E-state index is 12.1. The Morgan fingerprint density at radius 3 is 2.59 bits per heavy atom. The average Bonchev–Trinajstić information content (AvgIpc) is 3.09. The zero-order chi connectivity index (χ0) is 24.0. The van der Waals surface area contributed by atoms with E-state index in [1.54, 1.807) is 6.07 Å². The first-order valence-electron chi connectivity index (χ1n) is 10.9. The molecule has 2 aromatic heterocycles. The average molecular weight is 498 g/mol. The first kappa shape index (κ1) is 22.7. The molecule has 2 aliphatic rings. The molecular formula is C23H24ClN7O2S. The first-order chi connectivity index (χ1) is 16.3. The Morgan fingerprint density at radius 1 is 1.15 bits per heavy atom. The van der Waals surface area contributed by atoms with Gasteiger partial charge in [0.05, 0.1) is 5.02 Å². The second kappa shape index (κ2) is 8.61. The first-order valence-corrected chi connectivity index (χ1v) is 12.1. The predicted octanol–water partition coefficient (Wildman–Crippen LogP) is 3.38. The minimum absolute atomic E-state index is 0.0303. The van der Waals surface area contributed by atoms with Gasteiger partial charge in [-0.05, 0) is 41.9 Å². The molecule has 5 rings (SSSR count). The Labute approximate surface area is 205 Å². The molecular weight excluding hydrogens is 474 g/mol. The number of carboxylic acid groups (broad SMARTS) is 1. The standard InChI is InChI=1S/C23H24ClN7O2S/c24-15-14(5-8-28-18(15)26)34-21-19(27)30-20(16(29-21)22(32)33)31-9-6-23(7-10-31)11-12-3-1-2-4-13(12)17(23)25/h1-5,8,17H,6-7,9-11,25H2,(H2,26,28)(H2,27,30)(H,32,33)/t17-/m1/s1. The Kier molecular flexibility index (Phi) is 5.75. The van der Waals surface area contributed by atoms with Crippen LogP contribution in [0.4, 0.5) is 17.5 Å². The number of piperidine rings is 1. The molecule has 176 valence electrons. The van der Waals surface area contributed by atoms with Gasteiger partial charge in [-0.15, -0.1) is 0 Å². The highest BCUT2D eigenvalue weighted by atomic mass is 35.5. The fourth-order valence-corrected chi connectivity index (χ4v) is 6.00. The highest BCUT2D eigenvalue weighted by Crippen LogP contribution is 2.51. The van der Waals surface area contributed by atoms with Crippen LogP contribution in [0.15, 0.2) is 46.5 Å². The van der Waals surface area contributed by atoms with E-state index in [2.05, 4.69) is 27.1 Å². The van der Waals surface area contributed by atoms with Gasteiger partial charge in [-0.2, -0.15) is 0 Å². The number of hydrogen-bond acceptors (Lipinski definition) is 9. The number of carboxylic acids is 1. The fraction of sp³-hybridized carbons (Fsp3) is 0.304. The lowest BCUT2D eigenvalue weighted by Gasteiger charge is -2.42. The van der Waals surface area contributed by atoms with E-state index in [4.69, 9.17) is 28.8 Å². The third kappa shape index (κ3) is 3.81. The van der Waals surface area contributed by atoms with E-state index >= 15 is 0 Å². The van der Waals surface area contributed by atoms with Gasteiger partial charge in [0.2, 0.25) is 0 Å². The number of rotatable bonds is 4. The van der Waals surface area contributed by atoms with Crippen LogP contribution < -0.4 is 22.1 Å². The SMILES string of the molecule is Nc1nc(N2CCC3(CC2)Cc2ccccc2[C@H]3N)c(C(=O)O)nc1Sc1ccnc(N)c1Cl. The van der Waals surface area contributed by atoms with Crippen molar-refractivity contribution in [1.82, 2.24) is 15.0 Å². The van der Waals surface area contributed by atoms with Gasteiger partial charge in [0, 0.05) is 30.2 Å². The molecule has 0 amide bonds. The van der Waals surface area contributed by atoms with Gasteiger partial charge in [0.25, 0.3) is 0 Å². The molecule has 1 aromatic carbocycles. The number of carbonyl (C=O) groups is 1. The lowest BCUT2D eigenvalue weighted by molar-refractivity contribution is 0.0689. The smallest absolute Gasteiger partial charge is 0.358 e. The summed E-state index contributed by atoms with van der Waals surface area (Å²) in [6.07, 6.45) is 4.09. The molecule has 1 spiro atoms. The number of aromatic carboxylic acids is 1. The Bertz CT molecular complexity index is 1280. The number of hydrogen-bond donors (Lipinski definition) is 4. The van der Waals surface area contributed by atoms with Crippen molar-refractivity contribution < 1.29 is 9.90 Å². The van der Waals surface area contributed by atoms with Gasteiger partial charge in [-0.1, -0.05) is 47.6 Å². The second-order valence-electron chi connectivity index (χ2n) is 8.70. The molecule has 0 saturated carbocycles. The number of nitrogens with zero attached hydrogens (tertiary/aromatic N) is 4. The summed E-state index contributed by atoms with van der Waals surface area (Å²) in [7, 11) is 0. The number of pyridine rings is 1. The Hall–Kier alpha value is -3.08. The summed E-state index contributed by atoms with van der Waals surface area (Å²) >= 11 is 7.32. The molecule has 0 unspecified atom stereocenters. The van der Waals surface area contributed by atoms with Crippen LogP contribution in [-0.2, 0) is 6.42 Å². The minimum atomic E-state index is -1.17. The molecule has 3 heterocycles. The summed E-state index contributed by atoms with van der Waals surface area (Å²) < 4.78 is 0. The summed E-state index contributed by atoms with van der Waals surface area (Å²) in [4.78, 5) is 27.3. The second-order valence-corrected chi connectivity index (χ2v) is 10.1. The normalized spacial score (nSPS) is 18.8. The lowest BCUT2D eigenvalue weighted by atomic mass is 9.73. The van der Waals surface area contributed by atoms with E-state index in [0.29, 0.717) is 18.0 Å². The Balaban J connectivity index is 1.40. The predicted molar refractivity (Wildman–Crippen MR) is 132 cm³/mol. The van der Waals surface area contributed by atoms with Gasteiger partial charge in [-0.25, -0.2) is 19.7 Å². The molecule has 1 atom stereocenters. The molecule has 7 N–H and O–H groups in total. The molecule has 1 saturated heterocycles. The maximum Gasteiger partial charge on any atom is 0.358 e. The molecule has 34 heavy (non-hydrogen) atoms. The molecule has 0 radical (unpaired) electrons. The number of anilines is 3. The van der Waals surface area contributed by atoms with E-state index in [1.807, 2.05) is 17.0 Å². The molecule has 1 aliphatic heterocycles. The van der Waals surface area contributed by atoms with Crippen LogP contribution in [0.2, 0.25) is 5.02 Å². The van der Waals surface area contributed by atoms with Crippen molar-refractivity contribution in [2.24, 2.45) is 11.1 Å². The van der Waals surface area contributed by atoms with Crippen molar-refractivity contribution >= 4 is 46.8 Å². The summed E-state index contributed by atoms with van der Waals surface area (Å²) in [5.41, 5.74) is 21.0. The van der Waals surface area contributed by atoms with Crippen molar-refractivity contribution in [3.63, 3.8) is 0 Å². The van der Waals surface area contributed by atoms with E-state index in [0.717, 1.165) is 31.0 Å². The molecule has 1 aliphatic carbocycles. The van der Waals surface area contributed by atoms with Crippen molar-refractivity contribution in [2.75, 3.05) is 29.5 Å². The highest BCUT2D eigenvalue weighted by molar-refractivity contribution is 7.99. The Morgan fingerprint density at radius 2 is 1.88 bits per heavy atom. The van der Waals surface area contributed by atoms with Crippen LogP contribution in [0.25, 0.3) is 0 Å². The van der Waals surface area contributed by atoms with Gasteiger partial charge in [0.1, 0.15) is 10.8 Å². The van der Waals surface area contributed by atoms with Crippen LogP contribution in [0.5, 0.6) is 0 Å². The van der Waals surface area contributed by atoms with Crippen molar-refractivity contribution in [2.45, 2.75) is 35.2 Å². The summed E-state index contributed by atoms with van der Waals surface area (Å²) in [6, 6.07) is 9.95. The number of nitrogen functional groups attached to an aromatic ring is 2. The highest BCUT2D eigenvalue weighted by Gasteiger charge is 2.46. The number of halogens is 1. The third-order valence-electron chi connectivity index (χ3n) is 6.81. The molecule has 1 fully saturated rings. The minimum Gasteiger partial charge on any atom is -0.476 e. The van der Waals surface area contributed by atoms with Crippen LogP contribution in [0.1, 0.15) is 40.5 Å². The maximum atomic E-state index is 12.1. The van der Waals surface area contributed by atoms with Gasteiger partial charge in [-0.3, -0.25) is 0 Å². The summed E-state index contributed by atoms with van der Waals surface area (Å²) in [6.45, 7) is 1.24. The lowest BCUT2D eigenvalue weighted by Crippen LogP contribution is -2.45. The van der Waals surface area contributed by atoms with E-state index in [9.17, 15) is 9.90 Å². The van der Waals surface area contributed by atoms with Crippen molar-refractivity contribution in [3.05, 3.63) is 58.4 Å². The largest absolute Gasteiger partial charge is 0.476 e. The molecule has 9 nitrogen and oxygen atoms in total. The zero-order valence-corrected chi connectivity index (χ0v) is 19.8. The summed E-state index contributed by atoms with van der Waals surface area (Å²) in [5, 5.41) is 10.4. The summed E-state index contributed by atoms with van der Waals surface area (Å²) in [5.74, 6) is -0.604. The fourth-order valence-electron chi connectivity index (χ4n) is 4.96.